The zero-order valence-corrected chi connectivity index (χ0v) is 10.6. The maximum absolute atomic E-state index is 5.40. The third-order valence-corrected chi connectivity index (χ3v) is 5.26. The molecule has 3 saturated carbocycles. The van der Waals surface area contributed by atoms with Gasteiger partial charge in [0.2, 0.25) is 0 Å². The zero-order valence-electron chi connectivity index (χ0n) is 10.6. The first-order valence-electron chi connectivity index (χ1n) is 7.09. The Morgan fingerprint density at radius 2 is 1.94 bits per heavy atom. The molecule has 2 bridgehead atoms. The summed E-state index contributed by atoms with van der Waals surface area (Å²) < 4.78 is 5.40. The Kier molecular flexibility index (Phi) is 2.97. The molecule has 0 amide bonds. The van der Waals surface area contributed by atoms with E-state index >= 15 is 0 Å². The largest absolute Gasteiger partial charge is 0.383 e. The van der Waals surface area contributed by atoms with Gasteiger partial charge in [0.15, 0.2) is 0 Å². The van der Waals surface area contributed by atoms with Gasteiger partial charge in [-0.3, -0.25) is 0 Å². The lowest BCUT2D eigenvalue weighted by atomic mass is 9.97. The van der Waals surface area contributed by atoms with Crippen LogP contribution in [0.1, 0.15) is 32.6 Å². The maximum atomic E-state index is 5.40. The van der Waals surface area contributed by atoms with Gasteiger partial charge in [0.25, 0.3) is 0 Å². The van der Waals surface area contributed by atoms with Gasteiger partial charge < -0.3 is 10.1 Å². The molecular formula is C14H25NO. The molecule has 3 rings (SSSR count). The van der Waals surface area contributed by atoms with Gasteiger partial charge in [-0.1, -0.05) is 6.92 Å². The standard InChI is InChI=1S/C14H25NO/c1-3-6-15-11(8-16-2)14-12-9-4-5-10(7-9)13(12)14/h9-15H,3-8H2,1-2H3. The summed E-state index contributed by atoms with van der Waals surface area (Å²) in [5.74, 6) is 5.27. The summed E-state index contributed by atoms with van der Waals surface area (Å²) in [6.45, 7) is 4.31. The minimum atomic E-state index is 0.642. The predicted molar refractivity (Wildman–Crippen MR) is 65.3 cm³/mol. The second-order valence-electron chi connectivity index (χ2n) is 6.08. The molecule has 0 spiro atoms. The summed E-state index contributed by atoms with van der Waals surface area (Å²) in [5, 5.41) is 3.70. The SMILES string of the molecule is CCCNC(COC)C1C2C3CCC(C3)C21. The normalized spacial score (nSPS) is 45.8. The van der Waals surface area contributed by atoms with Crippen LogP contribution in [0.2, 0.25) is 0 Å². The molecule has 5 unspecified atom stereocenters. The number of ether oxygens (including phenoxy) is 1. The number of methoxy groups -OCH3 is 1. The molecule has 1 N–H and O–H groups in total. The van der Waals surface area contributed by atoms with Gasteiger partial charge >= 0.3 is 0 Å². The molecule has 3 fully saturated rings. The Bertz CT molecular complexity index is 239. The van der Waals surface area contributed by atoms with E-state index in [1.807, 2.05) is 7.11 Å². The van der Waals surface area contributed by atoms with Crippen LogP contribution in [-0.4, -0.2) is 26.3 Å². The monoisotopic (exact) mass is 223 g/mol. The molecule has 2 nitrogen and oxygen atoms in total. The van der Waals surface area contributed by atoms with Crippen LogP contribution in [-0.2, 0) is 4.74 Å². The molecule has 0 saturated heterocycles. The van der Waals surface area contributed by atoms with Crippen LogP contribution < -0.4 is 5.32 Å². The quantitative estimate of drug-likeness (QED) is 0.746. The molecule has 16 heavy (non-hydrogen) atoms. The van der Waals surface area contributed by atoms with Crippen LogP contribution in [0.3, 0.4) is 0 Å². The topological polar surface area (TPSA) is 21.3 Å². The summed E-state index contributed by atoms with van der Waals surface area (Å²) in [6.07, 6.45) is 5.83. The van der Waals surface area contributed by atoms with Crippen LogP contribution >= 0.6 is 0 Å². The molecule has 0 aromatic carbocycles. The molecule has 3 aliphatic carbocycles. The van der Waals surface area contributed by atoms with Gasteiger partial charge in [-0.2, -0.15) is 0 Å². The van der Waals surface area contributed by atoms with Crippen molar-refractivity contribution in [1.82, 2.24) is 5.32 Å². The smallest absolute Gasteiger partial charge is 0.0618 e. The third kappa shape index (κ3) is 1.62. The van der Waals surface area contributed by atoms with E-state index in [1.54, 1.807) is 6.42 Å². The molecular weight excluding hydrogens is 198 g/mol. The van der Waals surface area contributed by atoms with Crippen molar-refractivity contribution in [3.63, 3.8) is 0 Å². The van der Waals surface area contributed by atoms with Crippen molar-refractivity contribution in [2.75, 3.05) is 20.3 Å². The van der Waals surface area contributed by atoms with Gasteiger partial charge in [0.1, 0.15) is 0 Å². The molecule has 0 aromatic rings. The van der Waals surface area contributed by atoms with Gasteiger partial charge in [0, 0.05) is 13.2 Å². The highest BCUT2D eigenvalue weighted by Gasteiger charge is 2.66. The average Bonchev–Trinajstić information content (AvgIpc) is 2.73. The number of nitrogens with one attached hydrogen (secondary N) is 1. The molecule has 92 valence electrons. The highest BCUT2D eigenvalue weighted by atomic mass is 16.5. The van der Waals surface area contributed by atoms with Crippen molar-refractivity contribution in [2.45, 2.75) is 38.6 Å². The van der Waals surface area contributed by atoms with Crippen molar-refractivity contribution in [2.24, 2.45) is 29.6 Å². The van der Waals surface area contributed by atoms with Crippen LogP contribution in [0.25, 0.3) is 0 Å². The van der Waals surface area contributed by atoms with Gasteiger partial charge in [-0.25, -0.2) is 0 Å². The Morgan fingerprint density at radius 3 is 2.50 bits per heavy atom. The highest BCUT2D eigenvalue weighted by molar-refractivity contribution is 5.15. The van der Waals surface area contributed by atoms with E-state index in [9.17, 15) is 0 Å². The number of hydrogen-bond donors (Lipinski definition) is 1. The minimum Gasteiger partial charge on any atom is -0.383 e. The van der Waals surface area contributed by atoms with Crippen molar-refractivity contribution in [3.8, 4) is 0 Å². The van der Waals surface area contributed by atoms with E-state index < -0.39 is 0 Å². The fourth-order valence-electron chi connectivity index (χ4n) is 4.75. The zero-order chi connectivity index (χ0) is 11.1. The fourth-order valence-corrected chi connectivity index (χ4v) is 4.75. The summed E-state index contributed by atoms with van der Waals surface area (Å²) in [7, 11) is 1.84. The lowest BCUT2D eigenvalue weighted by molar-refractivity contribution is 0.148. The molecule has 2 heteroatoms. The highest BCUT2D eigenvalue weighted by Crippen LogP contribution is 2.70. The Morgan fingerprint density at radius 1 is 1.25 bits per heavy atom. The van der Waals surface area contributed by atoms with Crippen molar-refractivity contribution in [1.29, 1.82) is 0 Å². The molecule has 0 aliphatic heterocycles. The van der Waals surface area contributed by atoms with Crippen molar-refractivity contribution in [3.05, 3.63) is 0 Å². The summed E-state index contributed by atoms with van der Waals surface area (Å²) in [6, 6.07) is 0.642. The second kappa shape index (κ2) is 4.30. The summed E-state index contributed by atoms with van der Waals surface area (Å²) in [5.41, 5.74) is 0. The second-order valence-corrected chi connectivity index (χ2v) is 6.08. The molecule has 0 aromatic heterocycles. The van der Waals surface area contributed by atoms with Crippen LogP contribution in [0.15, 0.2) is 0 Å². The Hall–Kier alpha value is -0.0800. The average molecular weight is 223 g/mol. The maximum Gasteiger partial charge on any atom is 0.0618 e. The molecule has 3 aliphatic rings. The van der Waals surface area contributed by atoms with Crippen LogP contribution in [0.5, 0.6) is 0 Å². The van der Waals surface area contributed by atoms with Crippen LogP contribution in [0.4, 0.5) is 0 Å². The number of fused-ring (bicyclic) bond motifs is 5. The minimum absolute atomic E-state index is 0.642. The first-order chi connectivity index (χ1) is 7.86. The first kappa shape index (κ1) is 11.0. The lowest BCUT2D eigenvalue weighted by Crippen LogP contribution is -2.37. The number of hydrogen-bond acceptors (Lipinski definition) is 2. The van der Waals surface area contributed by atoms with Gasteiger partial charge in [-0.05, 0) is 61.8 Å². The van der Waals surface area contributed by atoms with E-state index in [0.29, 0.717) is 6.04 Å². The van der Waals surface area contributed by atoms with Crippen molar-refractivity contribution >= 4 is 0 Å². The molecule has 5 atom stereocenters. The lowest BCUT2D eigenvalue weighted by Gasteiger charge is -2.21. The summed E-state index contributed by atoms with van der Waals surface area (Å²) in [4.78, 5) is 0. The fraction of sp³-hybridized carbons (Fsp3) is 1.00. The number of rotatable bonds is 6. The third-order valence-electron chi connectivity index (χ3n) is 5.26. The summed E-state index contributed by atoms with van der Waals surface area (Å²) >= 11 is 0. The van der Waals surface area contributed by atoms with Crippen LogP contribution in [0, 0.1) is 29.6 Å². The van der Waals surface area contributed by atoms with Crippen molar-refractivity contribution < 1.29 is 4.74 Å². The molecule has 0 radical (unpaired) electrons. The van der Waals surface area contributed by atoms with E-state index in [-0.39, 0.29) is 0 Å². The predicted octanol–water partition coefficient (Wildman–Crippen LogP) is 2.29. The Balaban J connectivity index is 1.59. The van der Waals surface area contributed by atoms with Gasteiger partial charge in [-0.15, -0.1) is 0 Å². The Labute approximate surface area is 99.1 Å². The van der Waals surface area contributed by atoms with E-state index in [2.05, 4.69) is 12.2 Å². The van der Waals surface area contributed by atoms with E-state index in [0.717, 1.165) is 42.7 Å². The van der Waals surface area contributed by atoms with Gasteiger partial charge in [0.05, 0.1) is 6.61 Å². The first-order valence-corrected chi connectivity index (χ1v) is 7.09. The van der Waals surface area contributed by atoms with E-state index in [4.69, 9.17) is 4.74 Å². The molecule has 0 heterocycles. The van der Waals surface area contributed by atoms with E-state index in [1.165, 1.54) is 19.3 Å².